The van der Waals surface area contributed by atoms with Crippen LogP contribution in [-0.2, 0) is 11.8 Å². The van der Waals surface area contributed by atoms with Gasteiger partial charge in [0.1, 0.15) is 0 Å². The molecule has 0 bridgehead atoms. The van der Waals surface area contributed by atoms with Gasteiger partial charge in [0.25, 0.3) is 5.56 Å². The van der Waals surface area contributed by atoms with E-state index in [2.05, 4.69) is 26.1 Å². The number of nitrogens with one attached hydrogen (secondary N) is 1. The number of halogens is 1. The molecule has 1 aromatic heterocycles. The van der Waals surface area contributed by atoms with Crippen LogP contribution in [0.4, 0.5) is 5.69 Å². The van der Waals surface area contributed by atoms with Crippen molar-refractivity contribution in [2.45, 2.75) is 44.7 Å². The molecule has 116 valence electrons. The molecule has 0 unspecified atom stereocenters. The summed E-state index contributed by atoms with van der Waals surface area (Å²) < 4.78 is 2.49. The molecule has 1 heterocycles. The van der Waals surface area contributed by atoms with Gasteiger partial charge in [0.05, 0.1) is 10.2 Å². The molecule has 0 atom stereocenters. The molecule has 1 aliphatic rings. The van der Waals surface area contributed by atoms with Gasteiger partial charge in [0.2, 0.25) is 5.91 Å². The molecule has 1 aliphatic carbocycles. The van der Waals surface area contributed by atoms with Crippen LogP contribution in [0.3, 0.4) is 0 Å². The van der Waals surface area contributed by atoms with Gasteiger partial charge < -0.3 is 14.8 Å². The van der Waals surface area contributed by atoms with Crippen molar-refractivity contribution < 1.29 is 4.79 Å². The second kappa shape index (κ2) is 6.64. The highest BCUT2D eigenvalue weighted by atomic mass is 79.9. The van der Waals surface area contributed by atoms with Gasteiger partial charge in [-0.05, 0) is 41.6 Å². The number of aryl methyl sites for hydroxylation is 1. The zero-order valence-corrected chi connectivity index (χ0v) is 14.3. The number of aromatic nitrogens is 1. The largest absolute Gasteiger partial charge is 0.370 e. The first-order valence-corrected chi connectivity index (χ1v) is 8.04. The third kappa shape index (κ3) is 3.87. The van der Waals surface area contributed by atoms with E-state index in [9.17, 15) is 9.59 Å². The minimum atomic E-state index is -0.00742. The molecule has 2 rings (SSSR count). The molecule has 1 N–H and O–H groups in total. The van der Waals surface area contributed by atoms with Crippen LogP contribution in [0, 0.1) is 0 Å². The fourth-order valence-corrected chi connectivity index (χ4v) is 3.65. The Kier molecular flexibility index (Phi) is 5.08. The summed E-state index contributed by atoms with van der Waals surface area (Å²) in [6.07, 6.45) is 5.80. The maximum absolute atomic E-state index is 11.8. The summed E-state index contributed by atoms with van der Waals surface area (Å²) >= 11 is 3.53. The lowest BCUT2D eigenvalue weighted by Gasteiger charge is -2.36. The summed E-state index contributed by atoms with van der Waals surface area (Å²) in [6.45, 7) is 1.56. The maximum atomic E-state index is 11.8. The Balaban J connectivity index is 2.05. The highest BCUT2D eigenvalue weighted by Gasteiger charge is 2.25. The molecule has 1 saturated carbocycles. The number of pyridine rings is 1. The van der Waals surface area contributed by atoms with E-state index in [0.29, 0.717) is 12.1 Å². The van der Waals surface area contributed by atoms with Crippen molar-refractivity contribution in [2.75, 3.05) is 11.9 Å². The van der Waals surface area contributed by atoms with Crippen LogP contribution in [0.25, 0.3) is 0 Å². The summed E-state index contributed by atoms with van der Waals surface area (Å²) in [4.78, 5) is 25.1. The van der Waals surface area contributed by atoms with E-state index in [-0.39, 0.29) is 11.5 Å². The van der Waals surface area contributed by atoms with Crippen molar-refractivity contribution >= 4 is 27.5 Å². The average Bonchev–Trinajstić information content (AvgIpc) is 2.42. The summed E-state index contributed by atoms with van der Waals surface area (Å²) in [5, 5.41) is 2.99. The minimum Gasteiger partial charge on any atom is -0.370 e. The zero-order valence-electron chi connectivity index (χ0n) is 12.7. The van der Waals surface area contributed by atoms with Gasteiger partial charge in [-0.1, -0.05) is 0 Å². The van der Waals surface area contributed by atoms with E-state index in [1.165, 1.54) is 0 Å². The normalized spacial score (nSPS) is 21.9. The molecule has 1 fully saturated rings. The predicted octanol–water partition coefficient (Wildman–Crippen LogP) is 2.03. The highest BCUT2D eigenvalue weighted by molar-refractivity contribution is 9.10. The first-order chi connectivity index (χ1) is 9.88. The lowest BCUT2D eigenvalue weighted by Crippen LogP contribution is -2.42. The topological polar surface area (TPSA) is 54.3 Å². The van der Waals surface area contributed by atoms with Crippen molar-refractivity contribution in [3.63, 3.8) is 0 Å². The van der Waals surface area contributed by atoms with E-state index < -0.39 is 0 Å². The summed E-state index contributed by atoms with van der Waals surface area (Å²) in [7, 11) is 3.78. The Morgan fingerprint density at radius 2 is 2.00 bits per heavy atom. The fraction of sp³-hybridized carbons (Fsp3) is 0.600. The van der Waals surface area contributed by atoms with Crippen LogP contribution < -0.4 is 15.8 Å². The van der Waals surface area contributed by atoms with E-state index in [1.807, 2.05) is 7.05 Å². The van der Waals surface area contributed by atoms with Crippen molar-refractivity contribution in [1.82, 2.24) is 9.88 Å². The molecule has 0 saturated heterocycles. The molecule has 0 spiro atoms. The molecule has 0 radical (unpaired) electrons. The van der Waals surface area contributed by atoms with E-state index in [1.54, 1.807) is 30.8 Å². The second-order valence-corrected chi connectivity index (χ2v) is 6.63. The molecule has 0 aliphatic heterocycles. The molecule has 5 nitrogen and oxygen atoms in total. The SMILES string of the molecule is CC(=O)N[C@H]1CC[C@H](N(C)c2cc(=O)n(C)cc2Br)CC1. The molecule has 1 aromatic rings. The Bertz CT molecular complexity index is 577. The Morgan fingerprint density at radius 1 is 1.38 bits per heavy atom. The van der Waals surface area contributed by atoms with Gasteiger partial charge in [-0.25, -0.2) is 0 Å². The van der Waals surface area contributed by atoms with Crippen LogP contribution in [0.1, 0.15) is 32.6 Å². The van der Waals surface area contributed by atoms with E-state index in [0.717, 1.165) is 35.8 Å². The Labute approximate surface area is 133 Å². The van der Waals surface area contributed by atoms with Crippen molar-refractivity contribution in [3.05, 3.63) is 27.1 Å². The zero-order chi connectivity index (χ0) is 15.6. The van der Waals surface area contributed by atoms with Crippen molar-refractivity contribution in [2.24, 2.45) is 7.05 Å². The van der Waals surface area contributed by atoms with Crippen LogP contribution in [0.15, 0.2) is 21.5 Å². The predicted molar refractivity (Wildman–Crippen MR) is 87.6 cm³/mol. The summed E-state index contributed by atoms with van der Waals surface area (Å²) in [5.74, 6) is 0.0427. The monoisotopic (exact) mass is 355 g/mol. The number of rotatable bonds is 3. The lowest BCUT2D eigenvalue weighted by molar-refractivity contribution is -0.119. The molecule has 1 amide bonds. The van der Waals surface area contributed by atoms with Gasteiger partial charge in [0, 0.05) is 45.4 Å². The molecule has 21 heavy (non-hydrogen) atoms. The van der Waals surface area contributed by atoms with Gasteiger partial charge in [-0.15, -0.1) is 0 Å². The molecule has 0 aromatic carbocycles. The smallest absolute Gasteiger partial charge is 0.252 e. The van der Waals surface area contributed by atoms with Crippen LogP contribution in [0.2, 0.25) is 0 Å². The van der Waals surface area contributed by atoms with E-state index in [4.69, 9.17) is 0 Å². The van der Waals surface area contributed by atoms with Crippen LogP contribution >= 0.6 is 15.9 Å². The standard InChI is InChI=1S/C15H22BrN3O2/c1-10(20)17-11-4-6-12(7-5-11)19(3)14-8-15(21)18(2)9-13(14)16/h8-9,11-12H,4-7H2,1-3H3,(H,17,20)/t11-,12-. The average molecular weight is 356 g/mol. The number of anilines is 1. The Morgan fingerprint density at radius 3 is 2.57 bits per heavy atom. The third-order valence-electron chi connectivity index (χ3n) is 4.19. The van der Waals surface area contributed by atoms with Crippen LogP contribution in [0.5, 0.6) is 0 Å². The number of amides is 1. The van der Waals surface area contributed by atoms with Gasteiger partial charge >= 0.3 is 0 Å². The fourth-order valence-electron chi connectivity index (χ4n) is 2.95. The summed E-state index contributed by atoms with van der Waals surface area (Å²) in [6, 6.07) is 2.36. The van der Waals surface area contributed by atoms with Gasteiger partial charge in [-0.2, -0.15) is 0 Å². The lowest BCUT2D eigenvalue weighted by atomic mass is 9.90. The molecule has 6 heteroatoms. The number of carbonyl (C=O) groups is 1. The second-order valence-electron chi connectivity index (χ2n) is 5.77. The quantitative estimate of drug-likeness (QED) is 0.902. The minimum absolute atomic E-state index is 0.00742. The van der Waals surface area contributed by atoms with E-state index >= 15 is 0 Å². The van der Waals surface area contributed by atoms with Crippen LogP contribution in [-0.4, -0.2) is 29.6 Å². The molecular weight excluding hydrogens is 334 g/mol. The number of carbonyl (C=O) groups excluding carboxylic acids is 1. The summed E-state index contributed by atoms with van der Waals surface area (Å²) in [5.41, 5.74) is 0.924. The molecular formula is C15H22BrN3O2. The van der Waals surface area contributed by atoms with Crippen molar-refractivity contribution in [3.8, 4) is 0 Å². The Hall–Kier alpha value is -1.30. The van der Waals surface area contributed by atoms with Gasteiger partial charge in [0.15, 0.2) is 0 Å². The number of hydrogen-bond donors (Lipinski definition) is 1. The van der Waals surface area contributed by atoms with Gasteiger partial charge in [-0.3, -0.25) is 9.59 Å². The third-order valence-corrected chi connectivity index (χ3v) is 4.80. The van der Waals surface area contributed by atoms with Crippen molar-refractivity contribution in [1.29, 1.82) is 0 Å². The first-order valence-electron chi connectivity index (χ1n) is 7.24. The number of nitrogens with zero attached hydrogens (tertiary/aromatic N) is 2. The highest BCUT2D eigenvalue weighted by Crippen LogP contribution is 2.30. The maximum Gasteiger partial charge on any atom is 0.252 e. The first kappa shape index (κ1) is 16.1. The number of hydrogen-bond acceptors (Lipinski definition) is 3.